The number of aromatic nitrogens is 2. The molecule has 5 rings (SSSR count). The highest BCUT2D eigenvalue weighted by atomic mass is 32.2. The summed E-state index contributed by atoms with van der Waals surface area (Å²) in [5, 5.41) is 0.253. The molecule has 1 aliphatic rings. The van der Waals surface area contributed by atoms with Gasteiger partial charge in [-0.2, -0.15) is 0 Å². The van der Waals surface area contributed by atoms with Gasteiger partial charge < -0.3 is 10.2 Å². The Morgan fingerprint density at radius 1 is 1.00 bits per heavy atom. The number of nitrogens with zero attached hydrogens (tertiary/aromatic N) is 2. The van der Waals surface area contributed by atoms with E-state index in [1.165, 1.54) is 0 Å². The summed E-state index contributed by atoms with van der Waals surface area (Å²) in [5.41, 5.74) is 8.83. The maximum Gasteiger partial charge on any atom is 0.349 e. The van der Waals surface area contributed by atoms with E-state index in [1.807, 2.05) is 54.6 Å². The fourth-order valence-corrected chi connectivity index (χ4v) is 4.27. The van der Waals surface area contributed by atoms with Crippen LogP contribution in [0.4, 0.5) is 5.82 Å². The van der Waals surface area contributed by atoms with Crippen LogP contribution < -0.4 is 11.4 Å². The number of nitrogens with two attached hydrogens (primary N) is 1. The van der Waals surface area contributed by atoms with Crippen molar-refractivity contribution >= 4 is 28.5 Å². The molecule has 0 bridgehead atoms. The van der Waals surface area contributed by atoms with Crippen LogP contribution in [-0.4, -0.2) is 9.97 Å². The summed E-state index contributed by atoms with van der Waals surface area (Å²) in [6.45, 7) is 0. The summed E-state index contributed by atoms with van der Waals surface area (Å²) < 4.78 is 5.64. The van der Waals surface area contributed by atoms with Gasteiger partial charge >= 0.3 is 5.63 Å². The van der Waals surface area contributed by atoms with Gasteiger partial charge in [-0.3, -0.25) is 0 Å². The normalized spacial score (nSPS) is 12.6. The molecule has 4 aromatic rings. The van der Waals surface area contributed by atoms with Crippen molar-refractivity contribution in [2.75, 3.05) is 5.73 Å². The number of hydrogen-bond acceptors (Lipinski definition) is 6. The smallest absolute Gasteiger partial charge is 0.349 e. The third-order valence-corrected chi connectivity index (χ3v) is 5.53. The van der Waals surface area contributed by atoms with E-state index < -0.39 is 5.63 Å². The molecule has 5 nitrogen and oxygen atoms in total. The lowest BCUT2D eigenvalue weighted by Gasteiger charge is -2.19. The SMILES string of the molecule is Nc1nc(-c2ccccc2)nc2c3c(oc(=O)c12)-c1ccccc1SC3. The van der Waals surface area contributed by atoms with Crippen LogP contribution in [0.1, 0.15) is 5.56 Å². The minimum atomic E-state index is -0.502. The third kappa shape index (κ3) is 2.23. The molecule has 2 aromatic carbocycles. The van der Waals surface area contributed by atoms with E-state index in [4.69, 9.17) is 10.2 Å². The zero-order valence-electron chi connectivity index (χ0n) is 13.6. The molecule has 6 heteroatoms. The van der Waals surface area contributed by atoms with Gasteiger partial charge in [0.05, 0.1) is 5.52 Å². The molecular weight excluding hydrogens is 346 g/mol. The van der Waals surface area contributed by atoms with Crippen molar-refractivity contribution in [2.45, 2.75) is 10.6 Å². The molecule has 2 N–H and O–H groups in total. The Hall–Kier alpha value is -3.12. The first kappa shape index (κ1) is 15.2. The fraction of sp³-hybridized carbons (Fsp3) is 0.0500. The third-order valence-electron chi connectivity index (χ3n) is 4.43. The standard InChI is InChI=1S/C20H13N3O2S/c21-18-15-16(22-19(23-18)11-6-2-1-3-7-11)13-10-26-14-9-5-4-8-12(14)17(13)25-20(15)24/h1-9H,10H2,(H2,21,22,23). The molecule has 0 unspecified atom stereocenters. The molecule has 0 saturated carbocycles. The largest absolute Gasteiger partial charge is 0.422 e. The molecule has 126 valence electrons. The van der Waals surface area contributed by atoms with E-state index in [9.17, 15) is 4.79 Å². The van der Waals surface area contributed by atoms with E-state index in [0.29, 0.717) is 22.9 Å². The van der Waals surface area contributed by atoms with Crippen LogP contribution in [0, 0.1) is 0 Å². The molecule has 0 saturated heterocycles. The molecular formula is C20H13N3O2S. The van der Waals surface area contributed by atoms with Crippen LogP contribution in [0.2, 0.25) is 0 Å². The van der Waals surface area contributed by atoms with Crippen molar-refractivity contribution in [3.05, 3.63) is 70.6 Å². The van der Waals surface area contributed by atoms with Crippen LogP contribution in [-0.2, 0) is 5.75 Å². The van der Waals surface area contributed by atoms with Crippen LogP contribution in [0.3, 0.4) is 0 Å². The number of benzene rings is 2. The molecule has 1 aliphatic heterocycles. The Balaban J connectivity index is 1.86. The second-order valence-electron chi connectivity index (χ2n) is 6.00. The lowest BCUT2D eigenvalue weighted by molar-refractivity contribution is 0.528. The summed E-state index contributed by atoms with van der Waals surface area (Å²) in [5.74, 6) is 1.90. The molecule has 0 radical (unpaired) electrons. The Morgan fingerprint density at radius 3 is 2.62 bits per heavy atom. The topological polar surface area (TPSA) is 82.0 Å². The maximum atomic E-state index is 12.6. The van der Waals surface area contributed by atoms with Gasteiger partial charge in [-0.05, 0) is 6.07 Å². The minimum Gasteiger partial charge on any atom is -0.422 e. The van der Waals surface area contributed by atoms with Gasteiger partial charge in [0.1, 0.15) is 17.0 Å². The zero-order valence-corrected chi connectivity index (χ0v) is 14.4. The van der Waals surface area contributed by atoms with Crippen molar-refractivity contribution in [2.24, 2.45) is 0 Å². The predicted octanol–water partition coefficient (Wildman–Crippen LogP) is 4.10. The van der Waals surface area contributed by atoms with Crippen LogP contribution in [0.5, 0.6) is 0 Å². The fourth-order valence-electron chi connectivity index (χ4n) is 3.21. The minimum absolute atomic E-state index is 0.147. The number of anilines is 1. The van der Waals surface area contributed by atoms with Gasteiger partial charge in [0, 0.05) is 27.3 Å². The highest BCUT2D eigenvalue weighted by Gasteiger charge is 2.25. The average molecular weight is 359 g/mol. The van der Waals surface area contributed by atoms with Gasteiger partial charge in [-0.15, -0.1) is 11.8 Å². The van der Waals surface area contributed by atoms with Gasteiger partial charge in [0.2, 0.25) is 0 Å². The molecule has 0 spiro atoms. The Bertz CT molecular complexity index is 1220. The number of nitrogen functional groups attached to an aromatic ring is 1. The Kier molecular flexibility index (Phi) is 3.33. The molecule has 0 atom stereocenters. The van der Waals surface area contributed by atoms with Crippen LogP contribution >= 0.6 is 11.8 Å². The highest BCUT2D eigenvalue weighted by Crippen LogP contribution is 2.43. The quantitative estimate of drug-likeness (QED) is 0.551. The zero-order chi connectivity index (χ0) is 17.7. The van der Waals surface area contributed by atoms with E-state index in [0.717, 1.165) is 21.6 Å². The first-order chi connectivity index (χ1) is 12.7. The van der Waals surface area contributed by atoms with E-state index >= 15 is 0 Å². The molecule has 0 amide bonds. The molecule has 0 fully saturated rings. The van der Waals surface area contributed by atoms with E-state index in [-0.39, 0.29) is 11.2 Å². The molecule has 26 heavy (non-hydrogen) atoms. The maximum absolute atomic E-state index is 12.6. The van der Waals surface area contributed by atoms with E-state index in [2.05, 4.69) is 9.97 Å². The number of hydrogen-bond donors (Lipinski definition) is 1. The first-order valence-corrected chi connectivity index (χ1v) is 9.12. The van der Waals surface area contributed by atoms with Crippen molar-refractivity contribution in [1.82, 2.24) is 9.97 Å². The number of fused-ring (bicyclic) bond motifs is 5. The van der Waals surface area contributed by atoms with E-state index in [1.54, 1.807) is 11.8 Å². The first-order valence-electron chi connectivity index (χ1n) is 8.13. The number of thioether (sulfide) groups is 1. The van der Waals surface area contributed by atoms with Crippen LogP contribution in [0.15, 0.2) is 68.7 Å². The lowest BCUT2D eigenvalue weighted by Crippen LogP contribution is -2.12. The van der Waals surface area contributed by atoms with Crippen molar-refractivity contribution in [1.29, 1.82) is 0 Å². The van der Waals surface area contributed by atoms with Crippen molar-refractivity contribution in [3.63, 3.8) is 0 Å². The van der Waals surface area contributed by atoms with Crippen LogP contribution in [0.25, 0.3) is 33.6 Å². The molecule has 0 aliphatic carbocycles. The average Bonchev–Trinajstić information content (AvgIpc) is 2.68. The Morgan fingerprint density at radius 2 is 1.77 bits per heavy atom. The van der Waals surface area contributed by atoms with Gasteiger partial charge in [-0.1, -0.05) is 48.5 Å². The predicted molar refractivity (Wildman–Crippen MR) is 103 cm³/mol. The number of rotatable bonds is 1. The summed E-state index contributed by atoms with van der Waals surface area (Å²) in [7, 11) is 0. The molecule has 3 heterocycles. The lowest BCUT2D eigenvalue weighted by atomic mass is 10.0. The van der Waals surface area contributed by atoms with Crippen molar-refractivity contribution in [3.8, 4) is 22.7 Å². The second kappa shape index (κ2) is 5.71. The van der Waals surface area contributed by atoms with Gasteiger partial charge in [0.15, 0.2) is 5.82 Å². The molecule has 2 aromatic heterocycles. The Labute approximate surface area is 152 Å². The van der Waals surface area contributed by atoms with Crippen molar-refractivity contribution < 1.29 is 4.42 Å². The van der Waals surface area contributed by atoms with Gasteiger partial charge in [0.25, 0.3) is 0 Å². The summed E-state index contributed by atoms with van der Waals surface area (Å²) in [6, 6.07) is 17.5. The summed E-state index contributed by atoms with van der Waals surface area (Å²) in [6.07, 6.45) is 0. The van der Waals surface area contributed by atoms with Gasteiger partial charge in [-0.25, -0.2) is 14.8 Å². The second-order valence-corrected chi connectivity index (χ2v) is 7.02. The highest BCUT2D eigenvalue weighted by molar-refractivity contribution is 7.98. The summed E-state index contributed by atoms with van der Waals surface area (Å²) >= 11 is 1.70. The monoisotopic (exact) mass is 359 g/mol. The summed E-state index contributed by atoms with van der Waals surface area (Å²) in [4.78, 5) is 22.7.